The molecule has 1 aromatic heterocycles. The first-order valence-electron chi connectivity index (χ1n) is 8.96. The molecule has 25 heavy (non-hydrogen) atoms. The molecular formula is C20H30N4O. The van der Waals surface area contributed by atoms with Gasteiger partial charge in [-0.25, -0.2) is 0 Å². The van der Waals surface area contributed by atoms with Crippen LogP contribution in [0, 0.1) is 20.8 Å². The van der Waals surface area contributed by atoms with Crippen LogP contribution in [0.1, 0.15) is 44.2 Å². The quantitative estimate of drug-likeness (QED) is 0.568. The second kappa shape index (κ2) is 8.19. The predicted octanol–water partition coefficient (Wildman–Crippen LogP) is 4.47. The molecule has 0 bridgehead atoms. The van der Waals surface area contributed by atoms with E-state index in [0.717, 1.165) is 35.5 Å². The van der Waals surface area contributed by atoms with Crippen LogP contribution in [0.15, 0.2) is 27.8 Å². The Hall–Kier alpha value is -2.30. The molecule has 0 amide bonds. The lowest BCUT2D eigenvalue weighted by molar-refractivity contribution is 0.393. The summed E-state index contributed by atoms with van der Waals surface area (Å²) in [5.41, 5.74) is 8.76. The fourth-order valence-corrected chi connectivity index (χ4v) is 3.63. The lowest BCUT2D eigenvalue weighted by Gasteiger charge is -2.37. The summed E-state index contributed by atoms with van der Waals surface area (Å²) in [4.78, 5) is 2.44. The van der Waals surface area contributed by atoms with Crippen molar-refractivity contribution in [2.24, 2.45) is 5.10 Å². The van der Waals surface area contributed by atoms with E-state index in [1.54, 1.807) is 0 Å². The van der Waals surface area contributed by atoms with Crippen molar-refractivity contribution in [3.8, 4) is 11.1 Å². The van der Waals surface area contributed by atoms with E-state index < -0.39 is 0 Å². The molecule has 0 aliphatic heterocycles. The van der Waals surface area contributed by atoms with Crippen molar-refractivity contribution < 1.29 is 4.52 Å². The highest BCUT2D eigenvalue weighted by Gasteiger charge is 2.24. The number of anilines is 1. The Morgan fingerprint density at radius 3 is 2.52 bits per heavy atom. The van der Waals surface area contributed by atoms with Gasteiger partial charge >= 0.3 is 0 Å². The summed E-state index contributed by atoms with van der Waals surface area (Å²) < 4.78 is 5.35. The number of hydrogen-bond donors (Lipinski definition) is 1. The van der Waals surface area contributed by atoms with Crippen LogP contribution in [0.5, 0.6) is 0 Å². The number of rotatable bonds is 8. The van der Waals surface area contributed by atoms with E-state index in [9.17, 15) is 0 Å². The number of nitrogens with one attached hydrogen (secondary N) is 1. The summed E-state index contributed by atoms with van der Waals surface area (Å²) in [5.74, 6) is 0.855. The van der Waals surface area contributed by atoms with Gasteiger partial charge in [0, 0.05) is 24.5 Å². The largest absolute Gasteiger partial charge is 0.366 e. The fourth-order valence-electron chi connectivity index (χ4n) is 3.63. The second-order valence-electron chi connectivity index (χ2n) is 6.54. The maximum Gasteiger partial charge on any atom is 0.141 e. The summed E-state index contributed by atoms with van der Waals surface area (Å²) in [6.45, 7) is 17.1. The normalized spacial score (nSPS) is 13.4. The average Bonchev–Trinajstić information content (AvgIpc) is 2.92. The lowest BCUT2D eigenvalue weighted by atomic mass is 9.98. The van der Waals surface area contributed by atoms with E-state index in [2.05, 4.69) is 73.2 Å². The number of nitrogens with zero attached hydrogens (tertiary/aromatic N) is 3. The first-order valence-corrected chi connectivity index (χ1v) is 8.96. The van der Waals surface area contributed by atoms with Crippen molar-refractivity contribution >= 4 is 12.4 Å². The first kappa shape index (κ1) is 19.0. The molecule has 1 N–H and O–H groups in total. The van der Waals surface area contributed by atoms with Crippen molar-refractivity contribution in [1.29, 1.82) is 0 Å². The van der Waals surface area contributed by atoms with Gasteiger partial charge in [0.2, 0.25) is 0 Å². The Morgan fingerprint density at radius 2 is 2.00 bits per heavy atom. The lowest BCUT2D eigenvalue weighted by Crippen LogP contribution is -2.47. The number of benzene rings is 1. The van der Waals surface area contributed by atoms with Crippen LogP contribution in [-0.2, 0) is 0 Å². The average molecular weight is 342 g/mol. The maximum absolute atomic E-state index is 5.35. The standard InChI is InChI=1S/C20H30N4O/c1-8-18(14(4)22-21-7)24(9-2)19-12-17(11-10-13(19)3)20-15(5)23-25-16(20)6/h10-12,14,18,22H,7-9H2,1-6H3/t14-,18?/m1/s1. The van der Waals surface area contributed by atoms with Crippen molar-refractivity contribution in [2.75, 3.05) is 11.4 Å². The molecule has 0 aliphatic rings. The maximum atomic E-state index is 5.35. The predicted molar refractivity (Wildman–Crippen MR) is 105 cm³/mol. The van der Waals surface area contributed by atoms with Crippen LogP contribution in [0.3, 0.4) is 0 Å². The topological polar surface area (TPSA) is 53.7 Å². The summed E-state index contributed by atoms with van der Waals surface area (Å²) in [7, 11) is 0. The van der Waals surface area contributed by atoms with Crippen LogP contribution in [0.4, 0.5) is 5.69 Å². The third-order valence-corrected chi connectivity index (χ3v) is 4.87. The summed E-state index contributed by atoms with van der Waals surface area (Å²) in [5, 5.41) is 7.97. The van der Waals surface area contributed by atoms with Gasteiger partial charge in [0.1, 0.15) is 5.76 Å². The number of likely N-dealkylation sites (N-methyl/N-ethyl adjacent to an activating group) is 1. The zero-order valence-electron chi connectivity index (χ0n) is 16.3. The summed E-state index contributed by atoms with van der Waals surface area (Å²) >= 11 is 0. The number of aryl methyl sites for hydroxylation is 3. The number of hydrazone groups is 1. The molecule has 5 nitrogen and oxygen atoms in total. The van der Waals surface area contributed by atoms with Crippen LogP contribution in [0.25, 0.3) is 11.1 Å². The second-order valence-corrected chi connectivity index (χ2v) is 6.54. The van der Waals surface area contributed by atoms with Crippen LogP contribution in [0.2, 0.25) is 0 Å². The van der Waals surface area contributed by atoms with Crippen LogP contribution in [-0.4, -0.2) is 30.5 Å². The van der Waals surface area contributed by atoms with E-state index >= 15 is 0 Å². The first-order chi connectivity index (χ1) is 11.9. The highest BCUT2D eigenvalue weighted by molar-refractivity contribution is 5.73. The van der Waals surface area contributed by atoms with E-state index in [-0.39, 0.29) is 6.04 Å². The molecule has 2 atom stereocenters. The molecule has 1 heterocycles. The van der Waals surface area contributed by atoms with E-state index in [1.165, 1.54) is 11.3 Å². The fraction of sp³-hybridized carbons (Fsp3) is 0.500. The Kier molecular flexibility index (Phi) is 6.23. The smallest absolute Gasteiger partial charge is 0.141 e. The monoisotopic (exact) mass is 342 g/mol. The molecule has 0 spiro atoms. The molecule has 0 aliphatic carbocycles. The van der Waals surface area contributed by atoms with Gasteiger partial charge in [-0.1, -0.05) is 24.2 Å². The number of aromatic nitrogens is 1. The molecule has 0 radical (unpaired) electrons. The molecular weight excluding hydrogens is 312 g/mol. The van der Waals surface area contributed by atoms with Gasteiger partial charge in [0.05, 0.1) is 17.8 Å². The molecule has 0 fully saturated rings. The minimum absolute atomic E-state index is 0.213. The van der Waals surface area contributed by atoms with Gasteiger partial charge < -0.3 is 14.8 Å². The highest BCUT2D eigenvalue weighted by Crippen LogP contribution is 2.33. The molecule has 1 unspecified atom stereocenters. The minimum atomic E-state index is 0.213. The SMILES string of the molecule is C=NN[C@H](C)C(CC)N(CC)c1cc(-c2c(C)noc2C)ccc1C. The van der Waals surface area contributed by atoms with Crippen molar-refractivity contribution in [3.05, 3.63) is 35.2 Å². The van der Waals surface area contributed by atoms with Crippen molar-refractivity contribution in [1.82, 2.24) is 10.6 Å². The van der Waals surface area contributed by atoms with Crippen LogP contribution >= 0.6 is 0 Å². The van der Waals surface area contributed by atoms with Crippen LogP contribution < -0.4 is 10.3 Å². The molecule has 5 heteroatoms. The van der Waals surface area contributed by atoms with Gasteiger partial charge in [0.25, 0.3) is 0 Å². The Morgan fingerprint density at radius 1 is 1.28 bits per heavy atom. The van der Waals surface area contributed by atoms with Gasteiger partial charge in [-0.15, -0.1) is 0 Å². The van der Waals surface area contributed by atoms with Crippen molar-refractivity contribution in [3.63, 3.8) is 0 Å². The van der Waals surface area contributed by atoms with E-state index in [0.29, 0.717) is 6.04 Å². The number of hydrogen-bond acceptors (Lipinski definition) is 5. The Bertz CT molecular complexity index is 703. The van der Waals surface area contributed by atoms with E-state index in [4.69, 9.17) is 4.52 Å². The zero-order chi connectivity index (χ0) is 18.6. The van der Waals surface area contributed by atoms with Crippen molar-refractivity contribution in [2.45, 2.75) is 60.0 Å². The van der Waals surface area contributed by atoms with Gasteiger partial charge in [-0.2, -0.15) is 5.10 Å². The third-order valence-electron chi connectivity index (χ3n) is 4.87. The molecule has 2 rings (SSSR count). The molecule has 1 aromatic carbocycles. The zero-order valence-corrected chi connectivity index (χ0v) is 16.3. The third kappa shape index (κ3) is 3.86. The van der Waals surface area contributed by atoms with Gasteiger partial charge in [-0.05, 0) is 58.2 Å². The summed E-state index contributed by atoms with van der Waals surface area (Å²) in [6.07, 6.45) is 1.02. The minimum Gasteiger partial charge on any atom is -0.366 e. The molecule has 136 valence electrons. The van der Waals surface area contributed by atoms with Gasteiger partial charge in [0.15, 0.2) is 0 Å². The highest BCUT2D eigenvalue weighted by atomic mass is 16.5. The molecule has 2 aromatic rings. The Labute approximate surface area is 151 Å². The molecule has 0 saturated heterocycles. The summed E-state index contributed by atoms with van der Waals surface area (Å²) in [6, 6.07) is 7.11. The molecule has 0 saturated carbocycles. The van der Waals surface area contributed by atoms with E-state index in [1.807, 2.05) is 13.8 Å². The Balaban J connectivity index is 2.48. The van der Waals surface area contributed by atoms with Gasteiger partial charge in [-0.3, -0.25) is 0 Å².